The lowest BCUT2D eigenvalue weighted by molar-refractivity contribution is -0.154. The molecule has 1 fully saturated rings. The van der Waals surface area contributed by atoms with Crippen LogP contribution in [0.4, 0.5) is 4.79 Å². The molecule has 0 aromatic carbocycles. The van der Waals surface area contributed by atoms with Crippen LogP contribution in [-0.4, -0.2) is 35.8 Å². The van der Waals surface area contributed by atoms with Crippen LogP contribution < -0.4 is 10.6 Å². The Hall–Kier alpha value is -2.22. The molecular formula is C20H28N2O5S. The Kier molecular flexibility index (Phi) is 8.17. The molecule has 154 valence electrons. The van der Waals surface area contributed by atoms with Crippen LogP contribution in [0, 0.1) is 13.8 Å². The van der Waals surface area contributed by atoms with Gasteiger partial charge in [0.25, 0.3) is 5.91 Å². The summed E-state index contributed by atoms with van der Waals surface area (Å²) in [5.41, 5.74) is 0.625. The van der Waals surface area contributed by atoms with Crippen molar-refractivity contribution in [2.45, 2.75) is 77.9 Å². The molecule has 1 aliphatic carbocycles. The fourth-order valence-corrected chi connectivity index (χ4v) is 4.19. The van der Waals surface area contributed by atoms with Gasteiger partial charge in [0.05, 0.1) is 6.42 Å². The van der Waals surface area contributed by atoms with Crippen LogP contribution >= 0.6 is 11.3 Å². The van der Waals surface area contributed by atoms with Crippen molar-refractivity contribution in [3.63, 3.8) is 0 Å². The van der Waals surface area contributed by atoms with Gasteiger partial charge in [-0.15, -0.1) is 11.3 Å². The first-order valence-electron chi connectivity index (χ1n) is 9.67. The SMILES string of the molecule is Cc1cc(C(=O)CCC(=O)OC(C)C(=O)NC(=O)NC2CCCCC2)c(C)s1. The zero-order valence-corrected chi connectivity index (χ0v) is 17.4. The van der Waals surface area contributed by atoms with Gasteiger partial charge in [0.15, 0.2) is 11.9 Å². The lowest BCUT2D eigenvalue weighted by atomic mass is 9.96. The summed E-state index contributed by atoms with van der Waals surface area (Å²) in [7, 11) is 0. The van der Waals surface area contributed by atoms with Gasteiger partial charge in [0.2, 0.25) is 0 Å². The molecule has 1 aliphatic rings. The quantitative estimate of drug-likeness (QED) is 0.532. The number of hydrogen-bond donors (Lipinski definition) is 2. The van der Waals surface area contributed by atoms with Crippen molar-refractivity contribution >= 4 is 35.0 Å². The van der Waals surface area contributed by atoms with Crippen molar-refractivity contribution in [2.75, 3.05) is 0 Å². The number of carbonyl (C=O) groups excluding carboxylic acids is 4. The normalized spacial score (nSPS) is 15.5. The molecule has 0 aliphatic heterocycles. The first-order valence-corrected chi connectivity index (χ1v) is 10.5. The van der Waals surface area contributed by atoms with Gasteiger partial charge in [-0.3, -0.25) is 19.7 Å². The number of esters is 1. The summed E-state index contributed by atoms with van der Waals surface area (Å²) in [4.78, 5) is 50.0. The first-order chi connectivity index (χ1) is 13.3. The second-order valence-electron chi connectivity index (χ2n) is 7.18. The average molecular weight is 409 g/mol. The summed E-state index contributed by atoms with van der Waals surface area (Å²) in [6.45, 7) is 5.19. The minimum Gasteiger partial charge on any atom is -0.453 e. The van der Waals surface area contributed by atoms with E-state index in [4.69, 9.17) is 4.74 Å². The molecule has 7 nitrogen and oxygen atoms in total. The molecule has 0 radical (unpaired) electrons. The van der Waals surface area contributed by atoms with E-state index in [-0.39, 0.29) is 24.7 Å². The second kappa shape index (κ2) is 10.4. The Morgan fingerprint density at radius 3 is 2.43 bits per heavy atom. The molecule has 1 unspecified atom stereocenters. The Labute approximate surface area is 169 Å². The fraction of sp³-hybridized carbons (Fsp3) is 0.600. The maximum absolute atomic E-state index is 12.2. The van der Waals surface area contributed by atoms with E-state index in [0.717, 1.165) is 35.4 Å². The number of ether oxygens (including phenoxy) is 1. The van der Waals surface area contributed by atoms with Crippen molar-refractivity contribution in [2.24, 2.45) is 0 Å². The number of rotatable bonds is 7. The highest BCUT2D eigenvalue weighted by atomic mass is 32.1. The molecule has 2 rings (SSSR count). The largest absolute Gasteiger partial charge is 0.453 e. The highest BCUT2D eigenvalue weighted by Gasteiger charge is 2.23. The van der Waals surface area contributed by atoms with Gasteiger partial charge in [0, 0.05) is 27.8 Å². The maximum Gasteiger partial charge on any atom is 0.321 e. The second-order valence-corrected chi connectivity index (χ2v) is 8.64. The number of carbonyl (C=O) groups is 4. The topological polar surface area (TPSA) is 102 Å². The van der Waals surface area contributed by atoms with Gasteiger partial charge < -0.3 is 10.1 Å². The van der Waals surface area contributed by atoms with E-state index in [1.165, 1.54) is 24.7 Å². The van der Waals surface area contributed by atoms with E-state index in [1.54, 1.807) is 0 Å². The number of Topliss-reactive ketones (excluding diaryl/α,β-unsaturated/α-hetero) is 1. The van der Waals surface area contributed by atoms with Crippen molar-refractivity contribution in [3.8, 4) is 0 Å². The molecule has 1 atom stereocenters. The molecule has 2 N–H and O–H groups in total. The molecule has 8 heteroatoms. The molecule has 1 aromatic rings. The minimum absolute atomic E-state index is 0.0202. The summed E-state index contributed by atoms with van der Waals surface area (Å²) >= 11 is 1.54. The molecule has 0 spiro atoms. The van der Waals surface area contributed by atoms with Crippen LogP contribution in [-0.2, 0) is 14.3 Å². The third-order valence-corrected chi connectivity index (χ3v) is 5.72. The summed E-state index contributed by atoms with van der Waals surface area (Å²) in [6, 6.07) is 1.32. The Bertz CT molecular complexity index is 737. The van der Waals surface area contributed by atoms with Crippen LogP contribution in [0.1, 0.15) is 72.0 Å². The monoisotopic (exact) mass is 408 g/mol. The fourth-order valence-electron chi connectivity index (χ4n) is 3.25. The number of aryl methyl sites for hydroxylation is 2. The number of urea groups is 1. The van der Waals surface area contributed by atoms with Gasteiger partial charge >= 0.3 is 12.0 Å². The predicted octanol–water partition coefficient (Wildman–Crippen LogP) is 3.42. The van der Waals surface area contributed by atoms with Crippen LogP contribution in [0.25, 0.3) is 0 Å². The molecule has 28 heavy (non-hydrogen) atoms. The highest BCUT2D eigenvalue weighted by Crippen LogP contribution is 2.22. The van der Waals surface area contributed by atoms with Gasteiger partial charge in [-0.2, -0.15) is 0 Å². The van der Waals surface area contributed by atoms with Crippen LogP contribution in [0.15, 0.2) is 6.07 Å². The number of imide groups is 1. The summed E-state index contributed by atoms with van der Waals surface area (Å²) in [6.07, 6.45) is 3.91. The van der Waals surface area contributed by atoms with E-state index in [2.05, 4.69) is 10.6 Å². The molecule has 3 amide bonds. The Balaban J connectivity index is 1.71. The number of amides is 3. The van der Waals surface area contributed by atoms with Gasteiger partial charge in [0.1, 0.15) is 0 Å². The predicted molar refractivity (Wildman–Crippen MR) is 106 cm³/mol. The van der Waals surface area contributed by atoms with E-state index >= 15 is 0 Å². The molecular weight excluding hydrogens is 380 g/mol. The first kappa shape index (κ1) is 22.1. The Morgan fingerprint density at radius 1 is 1.14 bits per heavy atom. The van der Waals surface area contributed by atoms with Crippen LogP contribution in [0.5, 0.6) is 0 Å². The highest BCUT2D eigenvalue weighted by molar-refractivity contribution is 7.12. The number of ketones is 1. The van der Waals surface area contributed by atoms with Crippen LogP contribution in [0.2, 0.25) is 0 Å². The summed E-state index contributed by atoms with van der Waals surface area (Å²) in [5.74, 6) is -1.45. The summed E-state index contributed by atoms with van der Waals surface area (Å²) in [5, 5.41) is 4.97. The lowest BCUT2D eigenvalue weighted by Gasteiger charge is -2.23. The average Bonchev–Trinajstić information content (AvgIpc) is 2.98. The third kappa shape index (κ3) is 6.74. The third-order valence-electron chi connectivity index (χ3n) is 4.75. The minimum atomic E-state index is -1.11. The van der Waals surface area contributed by atoms with Gasteiger partial charge in [-0.25, -0.2) is 4.79 Å². The van der Waals surface area contributed by atoms with Crippen molar-refractivity contribution in [1.82, 2.24) is 10.6 Å². The number of hydrogen-bond acceptors (Lipinski definition) is 6. The molecule has 0 bridgehead atoms. The van der Waals surface area contributed by atoms with Crippen molar-refractivity contribution < 1.29 is 23.9 Å². The molecule has 1 aromatic heterocycles. The Morgan fingerprint density at radius 2 is 1.82 bits per heavy atom. The van der Waals surface area contributed by atoms with E-state index < -0.39 is 24.0 Å². The standard InChI is InChI=1S/C20H28N2O5S/c1-12-11-16(14(3)28-12)17(23)9-10-18(24)27-13(2)19(25)22-20(26)21-15-7-5-4-6-8-15/h11,13,15H,4-10H2,1-3H3,(H2,21,22,25,26). The van der Waals surface area contributed by atoms with Gasteiger partial charge in [-0.1, -0.05) is 19.3 Å². The van der Waals surface area contributed by atoms with E-state index in [1.807, 2.05) is 19.9 Å². The zero-order chi connectivity index (χ0) is 20.7. The van der Waals surface area contributed by atoms with Gasteiger partial charge in [-0.05, 0) is 39.7 Å². The zero-order valence-electron chi connectivity index (χ0n) is 16.6. The summed E-state index contributed by atoms with van der Waals surface area (Å²) < 4.78 is 5.04. The lowest BCUT2D eigenvalue weighted by Crippen LogP contribution is -2.48. The van der Waals surface area contributed by atoms with Crippen LogP contribution in [0.3, 0.4) is 0 Å². The molecule has 1 heterocycles. The molecule has 0 saturated heterocycles. The van der Waals surface area contributed by atoms with Crippen molar-refractivity contribution in [3.05, 3.63) is 21.4 Å². The maximum atomic E-state index is 12.2. The molecule has 1 saturated carbocycles. The smallest absolute Gasteiger partial charge is 0.321 e. The number of thiophene rings is 1. The van der Waals surface area contributed by atoms with E-state index in [0.29, 0.717) is 5.56 Å². The number of nitrogens with one attached hydrogen (secondary N) is 2. The van der Waals surface area contributed by atoms with Crippen molar-refractivity contribution in [1.29, 1.82) is 0 Å². The van der Waals surface area contributed by atoms with E-state index in [9.17, 15) is 19.2 Å².